The first-order valence-corrected chi connectivity index (χ1v) is 6.39. The molecule has 2 aliphatic heterocycles. The summed E-state index contributed by atoms with van der Waals surface area (Å²) < 4.78 is 0. The Morgan fingerprint density at radius 1 is 1.14 bits per heavy atom. The van der Waals surface area contributed by atoms with Crippen LogP contribution in [0.4, 0.5) is 0 Å². The minimum Gasteiger partial charge on any atom is -0.339 e. The molecule has 3 heteroatoms. The molecule has 3 nitrogen and oxygen atoms in total. The highest BCUT2D eigenvalue weighted by atomic mass is 15.3. The van der Waals surface area contributed by atoms with Crippen molar-refractivity contribution in [3.05, 3.63) is 0 Å². The summed E-state index contributed by atoms with van der Waals surface area (Å²) in [4.78, 5) is 3.68. The van der Waals surface area contributed by atoms with Crippen molar-refractivity contribution in [1.82, 2.24) is 0 Å². The monoisotopic (exact) mass is 200 g/mol. The van der Waals surface area contributed by atoms with Crippen molar-refractivity contribution in [1.29, 1.82) is 0 Å². The molecule has 1 atom stereocenters. The van der Waals surface area contributed by atoms with Gasteiger partial charge in [0, 0.05) is 12.8 Å². The second-order valence-corrected chi connectivity index (χ2v) is 4.98. The zero-order valence-electron chi connectivity index (χ0n) is 9.52. The SMILES string of the molecule is CC[NH+]1CC[NH+](C[C@H]2CCC[NH2+]2)CC1. The maximum atomic E-state index is 2.56. The topological polar surface area (TPSA) is 25.5 Å². The quantitative estimate of drug-likeness (QED) is 0.422. The summed E-state index contributed by atoms with van der Waals surface area (Å²) in [6.45, 7) is 12.1. The van der Waals surface area contributed by atoms with Crippen molar-refractivity contribution >= 4 is 0 Å². The van der Waals surface area contributed by atoms with Crippen molar-refractivity contribution in [3.8, 4) is 0 Å². The standard InChI is InChI=1S/C11H23N3/c1-2-13-6-8-14(9-7-13)10-11-4-3-5-12-11/h11-12H,2-10H2,1H3/p+3/t11-/m1/s1. The molecule has 0 bridgehead atoms. The maximum Gasteiger partial charge on any atom is 0.136 e. The summed E-state index contributed by atoms with van der Waals surface area (Å²) in [7, 11) is 0. The number of nitrogens with one attached hydrogen (secondary N) is 2. The molecule has 82 valence electrons. The van der Waals surface area contributed by atoms with Crippen LogP contribution in [0.25, 0.3) is 0 Å². The highest BCUT2D eigenvalue weighted by Gasteiger charge is 2.27. The van der Waals surface area contributed by atoms with Gasteiger partial charge in [0.2, 0.25) is 0 Å². The van der Waals surface area contributed by atoms with Gasteiger partial charge in [-0.25, -0.2) is 0 Å². The Balaban J connectivity index is 1.67. The van der Waals surface area contributed by atoms with E-state index in [4.69, 9.17) is 0 Å². The molecule has 4 N–H and O–H groups in total. The Morgan fingerprint density at radius 3 is 2.43 bits per heavy atom. The van der Waals surface area contributed by atoms with E-state index in [2.05, 4.69) is 12.2 Å². The molecule has 2 saturated heterocycles. The molecule has 0 aromatic heterocycles. The van der Waals surface area contributed by atoms with E-state index in [9.17, 15) is 0 Å². The molecule has 0 saturated carbocycles. The van der Waals surface area contributed by atoms with Gasteiger partial charge < -0.3 is 15.1 Å². The average Bonchev–Trinajstić information content (AvgIpc) is 2.72. The third-order valence-electron chi connectivity index (χ3n) is 3.99. The summed E-state index contributed by atoms with van der Waals surface area (Å²) >= 11 is 0. The summed E-state index contributed by atoms with van der Waals surface area (Å²) in [5, 5.41) is 2.56. The Morgan fingerprint density at radius 2 is 1.86 bits per heavy atom. The molecule has 2 fully saturated rings. The number of nitrogens with two attached hydrogens (primary N) is 1. The third-order valence-corrected chi connectivity index (χ3v) is 3.99. The first-order valence-electron chi connectivity index (χ1n) is 6.39. The molecule has 0 aliphatic carbocycles. The molecule has 0 spiro atoms. The molecule has 2 rings (SSSR count). The lowest BCUT2D eigenvalue weighted by molar-refractivity contribution is -1.02. The predicted octanol–water partition coefficient (Wildman–Crippen LogP) is -3.48. The summed E-state index contributed by atoms with van der Waals surface area (Å²) in [6.07, 6.45) is 2.91. The first-order chi connectivity index (χ1) is 6.88. The van der Waals surface area contributed by atoms with Crippen LogP contribution in [-0.2, 0) is 0 Å². The van der Waals surface area contributed by atoms with E-state index in [0.717, 1.165) is 6.04 Å². The number of hydrogen-bond donors (Lipinski definition) is 3. The van der Waals surface area contributed by atoms with E-state index in [1.807, 2.05) is 9.80 Å². The van der Waals surface area contributed by atoms with Crippen molar-refractivity contribution in [2.24, 2.45) is 0 Å². The lowest BCUT2D eigenvalue weighted by atomic mass is 10.2. The zero-order valence-corrected chi connectivity index (χ0v) is 9.52. The van der Waals surface area contributed by atoms with Gasteiger partial charge in [0.25, 0.3) is 0 Å². The molecule has 0 aromatic rings. The lowest BCUT2D eigenvalue weighted by Gasteiger charge is -2.29. The normalized spacial score (nSPS) is 38.8. The van der Waals surface area contributed by atoms with Crippen molar-refractivity contribution < 1.29 is 15.1 Å². The van der Waals surface area contributed by atoms with E-state index in [1.54, 1.807) is 0 Å². The average molecular weight is 200 g/mol. The predicted molar refractivity (Wildman–Crippen MR) is 56.6 cm³/mol. The second kappa shape index (κ2) is 5.10. The van der Waals surface area contributed by atoms with E-state index in [1.165, 1.54) is 58.7 Å². The molecule has 14 heavy (non-hydrogen) atoms. The van der Waals surface area contributed by atoms with Gasteiger partial charge in [-0.15, -0.1) is 0 Å². The minimum atomic E-state index is 0.952. The number of hydrogen-bond acceptors (Lipinski definition) is 0. The highest BCUT2D eigenvalue weighted by Crippen LogP contribution is 1.93. The molecule has 0 aromatic carbocycles. The molecular formula is C11H26N3+3. The van der Waals surface area contributed by atoms with Crippen LogP contribution in [-0.4, -0.2) is 51.9 Å². The van der Waals surface area contributed by atoms with E-state index in [0.29, 0.717) is 0 Å². The molecule has 2 aliphatic rings. The van der Waals surface area contributed by atoms with Crippen LogP contribution in [0, 0.1) is 0 Å². The number of quaternary nitrogens is 3. The van der Waals surface area contributed by atoms with Gasteiger partial charge in [0.05, 0.1) is 13.1 Å². The number of likely N-dealkylation sites (N-methyl/N-ethyl adjacent to an activating group) is 1. The van der Waals surface area contributed by atoms with E-state index in [-0.39, 0.29) is 0 Å². The Hall–Kier alpha value is -0.120. The van der Waals surface area contributed by atoms with Gasteiger partial charge in [-0.05, 0) is 6.92 Å². The van der Waals surface area contributed by atoms with Gasteiger partial charge >= 0.3 is 0 Å². The Bertz CT molecular complexity index is 158. The zero-order chi connectivity index (χ0) is 9.80. The molecule has 0 unspecified atom stereocenters. The maximum absolute atomic E-state index is 2.56. The van der Waals surface area contributed by atoms with Crippen LogP contribution in [0.2, 0.25) is 0 Å². The van der Waals surface area contributed by atoms with Crippen LogP contribution < -0.4 is 15.1 Å². The molecule has 0 amide bonds. The summed E-state index contributed by atoms with van der Waals surface area (Å²) in [5.74, 6) is 0. The van der Waals surface area contributed by atoms with Gasteiger partial charge in [-0.1, -0.05) is 0 Å². The minimum absolute atomic E-state index is 0.952. The van der Waals surface area contributed by atoms with Crippen molar-refractivity contribution in [2.45, 2.75) is 25.8 Å². The summed E-state index contributed by atoms with van der Waals surface area (Å²) in [5.41, 5.74) is 0. The van der Waals surface area contributed by atoms with E-state index < -0.39 is 0 Å². The lowest BCUT2D eigenvalue weighted by Crippen LogP contribution is -3.29. The van der Waals surface area contributed by atoms with Crippen molar-refractivity contribution in [2.75, 3.05) is 45.8 Å². The smallest absolute Gasteiger partial charge is 0.136 e. The van der Waals surface area contributed by atoms with E-state index >= 15 is 0 Å². The molecule has 2 heterocycles. The van der Waals surface area contributed by atoms with Crippen LogP contribution in [0.1, 0.15) is 19.8 Å². The van der Waals surface area contributed by atoms with Gasteiger partial charge in [-0.2, -0.15) is 0 Å². The molecular weight excluding hydrogens is 174 g/mol. The number of rotatable bonds is 3. The number of piperazine rings is 1. The Labute approximate surface area is 87.4 Å². The fourth-order valence-electron chi connectivity index (χ4n) is 2.92. The van der Waals surface area contributed by atoms with Crippen LogP contribution in [0.3, 0.4) is 0 Å². The fourth-order valence-corrected chi connectivity index (χ4v) is 2.92. The van der Waals surface area contributed by atoms with Crippen LogP contribution in [0.5, 0.6) is 0 Å². The van der Waals surface area contributed by atoms with Gasteiger partial charge in [-0.3, -0.25) is 0 Å². The van der Waals surface area contributed by atoms with Gasteiger partial charge in [0.1, 0.15) is 38.8 Å². The van der Waals surface area contributed by atoms with Gasteiger partial charge in [0.15, 0.2) is 0 Å². The first kappa shape index (κ1) is 10.4. The molecule has 0 radical (unpaired) electrons. The van der Waals surface area contributed by atoms with Crippen LogP contribution >= 0.6 is 0 Å². The largest absolute Gasteiger partial charge is 0.339 e. The highest BCUT2D eigenvalue weighted by molar-refractivity contribution is 4.57. The van der Waals surface area contributed by atoms with Crippen molar-refractivity contribution in [3.63, 3.8) is 0 Å². The van der Waals surface area contributed by atoms with Crippen LogP contribution in [0.15, 0.2) is 0 Å². The Kier molecular flexibility index (Phi) is 3.79. The second-order valence-electron chi connectivity index (χ2n) is 4.98. The fraction of sp³-hybridized carbons (Fsp3) is 1.00. The summed E-state index contributed by atoms with van der Waals surface area (Å²) in [6, 6.07) is 0.952. The third kappa shape index (κ3) is 2.69.